The van der Waals surface area contributed by atoms with Gasteiger partial charge in [-0.3, -0.25) is 0 Å². The van der Waals surface area contributed by atoms with E-state index in [1.165, 1.54) is 12.3 Å². The molecule has 98 valence electrons. The second-order valence-electron chi connectivity index (χ2n) is 3.49. The standard InChI is InChI=1S/C12H6BrF2NO2S/c13-6-3-8(12(17)18)11(16-5-6)19-10-4-7(14)1-2-9(10)15/h1-5H,(H,17,18). The molecule has 7 heteroatoms. The van der Waals surface area contributed by atoms with Crippen molar-refractivity contribution in [1.82, 2.24) is 4.98 Å². The van der Waals surface area contributed by atoms with Crippen LogP contribution in [0.15, 0.2) is 44.9 Å². The third-order valence-corrected chi connectivity index (χ3v) is 3.63. The van der Waals surface area contributed by atoms with Crippen LogP contribution >= 0.6 is 27.7 Å². The van der Waals surface area contributed by atoms with Crippen molar-refractivity contribution < 1.29 is 18.7 Å². The number of rotatable bonds is 3. The predicted molar refractivity (Wildman–Crippen MR) is 69.4 cm³/mol. The summed E-state index contributed by atoms with van der Waals surface area (Å²) in [6, 6.07) is 4.33. The first-order valence-corrected chi connectivity index (χ1v) is 6.60. The fourth-order valence-corrected chi connectivity index (χ4v) is 2.56. The summed E-state index contributed by atoms with van der Waals surface area (Å²) in [5, 5.41) is 9.15. The highest BCUT2D eigenvalue weighted by molar-refractivity contribution is 9.10. The molecule has 2 aromatic rings. The molecule has 0 unspecified atom stereocenters. The first-order valence-electron chi connectivity index (χ1n) is 4.99. The number of hydrogen-bond acceptors (Lipinski definition) is 3. The van der Waals surface area contributed by atoms with Crippen LogP contribution in [-0.4, -0.2) is 16.1 Å². The van der Waals surface area contributed by atoms with Crippen molar-refractivity contribution >= 4 is 33.7 Å². The molecule has 19 heavy (non-hydrogen) atoms. The molecule has 0 saturated carbocycles. The fraction of sp³-hybridized carbons (Fsp3) is 0. The normalized spacial score (nSPS) is 10.5. The quantitative estimate of drug-likeness (QED) is 0.914. The summed E-state index contributed by atoms with van der Waals surface area (Å²) in [7, 11) is 0. The maximum Gasteiger partial charge on any atom is 0.338 e. The number of aromatic carboxylic acids is 1. The molecule has 0 aliphatic rings. The Morgan fingerprint density at radius 3 is 2.74 bits per heavy atom. The van der Waals surface area contributed by atoms with Gasteiger partial charge in [-0.2, -0.15) is 0 Å². The molecule has 0 atom stereocenters. The Balaban J connectivity index is 2.43. The molecule has 0 bridgehead atoms. The first kappa shape index (κ1) is 14.0. The molecule has 0 amide bonds. The zero-order valence-electron chi connectivity index (χ0n) is 9.23. The summed E-state index contributed by atoms with van der Waals surface area (Å²) < 4.78 is 27.0. The molecule has 2 rings (SSSR count). The van der Waals surface area contributed by atoms with Crippen LogP contribution in [0.4, 0.5) is 8.78 Å². The van der Waals surface area contributed by atoms with Crippen LogP contribution in [0.2, 0.25) is 0 Å². The Bertz CT molecular complexity index is 652. The number of hydrogen-bond donors (Lipinski definition) is 1. The van der Waals surface area contributed by atoms with E-state index in [4.69, 9.17) is 5.11 Å². The van der Waals surface area contributed by atoms with E-state index in [0.717, 1.165) is 30.0 Å². The lowest BCUT2D eigenvalue weighted by Crippen LogP contribution is -2.01. The highest BCUT2D eigenvalue weighted by Gasteiger charge is 2.15. The smallest absolute Gasteiger partial charge is 0.338 e. The molecular formula is C12H6BrF2NO2S. The van der Waals surface area contributed by atoms with Crippen LogP contribution in [0.1, 0.15) is 10.4 Å². The molecule has 1 N–H and O–H groups in total. The van der Waals surface area contributed by atoms with Gasteiger partial charge >= 0.3 is 5.97 Å². The van der Waals surface area contributed by atoms with Crippen molar-refractivity contribution in [3.05, 3.63) is 52.1 Å². The molecule has 0 spiro atoms. The van der Waals surface area contributed by atoms with Gasteiger partial charge in [-0.25, -0.2) is 18.6 Å². The van der Waals surface area contributed by atoms with Gasteiger partial charge in [0.05, 0.1) is 10.5 Å². The topological polar surface area (TPSA) is 50.2 Å². The lowest BCUT2D eigenvalue weighted by Gasteiger charge is -2.06. The second-order valence-corrected chi connectivity index (χ2v) is 5.43. The number of carbonyl (C=O) groups is 1. The number of halogens is 3. The lowest BCUT2D eigenvalue weighted by atomic mass is 10.3. The number of aromatic nitrogens is 1. The van der Waals surface area contributed by atoms with E-state index in [9.17, 15) is 13.6 Å². The third kappa shape index (κ3) is 3.30. The maximum atomic E-state index is 13.5. The highest BCUT2D eigenvalue weighted by atomic mass is 79.9. The molecule has 1 aromatic heterocycles. The van der Waals surface area contributed by atoms with Crippen molar-refractivity contribution in [1.29, 1.82) is 0 Å². The Kier molecular flexibility index (Phi) is 4.16. The molecule has 3 nitrogen and oxygen atoms in total. The van der Waals surface area contributed by atoms with Crippen molar-refractivity contribution in [2.24, 2.45) is 0 Å². The summed E-state index contributed by atoms with van der Waals surface area (Å²) in [5.41, 5.74) is -0.0805. The number of carboxylic acid groups (broad SMARTS) is 1. The maximum absolute atomic E-state index is 13.5. The van der Waals surface area contributed by atoms with Gasteiger partial charge in [0.1, 0.15) is 16.7 Å². The second kappa shape index (κ2) is 5.66. The van der Waals surface area contributed by atoms with E-state index in [1.807, 2.05) is 0 Å². The summed E-state index contributed by atoms with van der Waals surface area (Å²) in [5.74, 6) is -2.42. The average molecular weight is 346 g/mol. The predicted octanol–water partition coefficient (Wildman–Crippen LogP) is 3.97. The van der Waals surface area contributed by atoms with Gasteiger partial charge < -0.3 is 5.11 Å². The minimum absolute atomic E-state index is 0.0164. The molecule has 0 radical (unpaired) electrons. The molecule has 0 aliphatic heterocycles. The number of benzene rings is 1. The summed E-state index contributed by atoms with van der Waals surface area (Å²) in [6.07, 6.45) is 1.39. The lowest BCUT2D eigenvalue weighted by molar-refractivity contribution is 0.0692. The van der Waals surface area contributed by atoms with Crippen molar-refractivity contribution in [2.45, 2.75) is 9.92 Å². The molecule has 0 saturated heterocycles. The number of pyridine rings is 1. The van der Waals surface area contributed by atoms with Gasteiger partial charge in [-0.1, -0.05) is 11.8 Å². The summed E-state index contributed by atoms with van der Waals surface area (Å²) >= 11 is 3.87. The highest BCUT2D eigenvalue weighted by Crippen LogP contribution is 2.32. The number of carboxylic acids is 1. The molecule has 0 fully saturated rings. The molecule has 0 aliphatic carbocycles. The largest absolute Gasteiger partial charge is 0.478 e. The van der Waals surface area contributed by atoms with E-state index in [2.05, 4.69) is 20.9 Å². The van der Waals surface area contributed by atoms with Crippen molar-refractivity contribution in [3.8, 4) is 0 Å². The van der Waals surface area contributed by atoms with Crippen molar-refractivity contribution in [3.63, 3.8) is 0 Å². The van der Waals surface area contributed by atoms with Gasteiger partial charge in [0.25, 0.3) is 0 Å². The first-order chi connectivity index (χ1) is 8.97. The van der Waals surface area contributed by atoms with Crippen LogP contribution in [0, 0.1) is 11.6 Å². The van der Waals surface area contributed by atoms with Gasteiger partial charge in [0.2, 0.25) is 0 Å². The van der Waals surface area contributed by atoms with Crippen LogP contribution in [0.5, 0.6) is 0 Å². The average Bonchev–Trinajstić information content (AvgIpc) is 2.35. The monoisotopic (exact) mass is 345 g/mol. The van der Waals surface area contributed by atoms with Gasteiger partial charge in [-0.15, -0.1) is 0 Å². The summed E-state index contributed by atoms with van der Waals surface area (Å²) in [4.78, 5) is 15.0. The molecular weight excluding hydrogens is 340 g/mol. The van der Waals surface area contributed by atoms with Crippen LogP contribution in [0.25, 0.3) is 0 Å². The van der Waals surface area contributed by atoms with E-state index in [1.54, 1.807) is 0 Å². The van der Waals surface area contributed by atoms with E-state index >= 15 is 0 Å². The Labute approximate surface area is 119 Å². The van der Waals surface area contributed by atoms with Crippen LogP contribution < -0.4 is 0 Å². The van der Waals surface area contributed by atoms with Crippen LogP contribution in [0.3, 0.4) is 0 Å². The Morgan fingerprint density at radius 1 is 1.32 bits per heavy atom. The van der Waals surface area contributed by atoms with E-state index in [0.29, 0.717) is 4.47 Å². The van der Waals surface area contributed by atoms with Gasteiger partial charge in [-0.05, 0) is 40.2 Å². The minimum atomic E-state index is -1.19. The van der Waals surface area contributed by atoms with E-state index in [-0.39, 0.29) is 15.5 Å². The summed E-state index contributed by atoms with van der Waals surface area (Å²) in [6.45, 7) is 0. The Hall–Kier alpha value is -1.47. The third-order valence-electron chi connectivity index (χ3n) is 2.15. The van der Waals surface area contributed by atoms with E-state index < -0.39 is 17.6 Å². The zero-order valence-corrected chi connectivity index (χ0v) is 11.6. The number of nitrogens with zero attached hydrogens (tertiary/aromatic N) is 1. The van der Waals surface area contributed by atoms with Gasteiger partial charge in [0.15, 0.2) is 0 Å². The van der Waals surface area contributed by atoms with Crippen molar-refractivity contribution in [2.75, 3.05) is 0 Å². The Morgan fingerprint density at radius 2 is 2.05 bits per heavy atom. The minimum Gasteiger partial charge on any atom is -0.478 e. The molecule has 1 aromatic carbocycles. The van der Waals surface area contributed by atoms with Crippen LogP contribution in [-0.2, 0) is 0 Å². The molecule has 1 heterocycles. The fourth-order valence-electron chi connectivity index (χ4n) is 1.32. The zero-order chi connectivity index (χ0) is 14.0. The SMILES string of the molecule is O=C(O)c1cc(Br)cnc1Sc1cc(F)ccc1F. The van der Waals surface area contributed by atoms with Gasteiger partial charge in [0, 0.05) is 10.7 Å².